The molecule has 1 amide bonds. The van der Waals surface area contributed by atoms with Crippen LogP contribution >= 0.6 is 11.8 Å². The average molecular weight is 424 g/mol. The summed E-state index contributed by atoms with van der Waals surface area (Å²) in [6, 6.07) is 17.7. The molecule has 156 valence electrons. The number of nitrogens with zero attached hydrogens (tertiary/aromatic N) is 4. The molecule has 0 radical (unpaired) electrons. The molecule has 2 heterocycles. The Morgan fingerprint density at radius 3 is 2.47 bits per heavy atom. The number of rotatable bonds is 6. The molecule has 1 fully saturated rings. The number of para-hydroxylation sites is 1. The minimum atomic E-state index is -0.337. The number of carbonyl (C=O) groups is 1. The van der Waals surface area contributed by atoms with Crippen LogP contribution < -0.4 is 10.2 Å². The SMILES string of the molecule is Cc1ccc(-n2c(SC(C)C(=O)Nc3ccccc3)nnc2N2CCOCC2)cc1. The van der Waals surface area contributed by atoms with Gasteiger partial charge >= 0.3 is 0 Å². The molecule has 1 aliphatic rings. The van der Waals surface area contributed by atoms with E-state index in [0.717, 1.165) is 30.4 Å². The third-order valence-electron chi connectivity index (χ3n) is 4.90. The van der Waals surface area contributed by atoms with Gasteiger partial charge in [-0.3, -0.25) is 9.36 Å². The van der Waals surface area contributed by atoms with Gasteiger partial charge in [-0.1, -0.05) is 47.7 Å². The molecule has 0 spiro atoms. The summed E-state index contributed by atoms with van der Waals surface area (Å²) < 4.78 is 7.51. The molecule has 3 aromatic rings. The number of amides is 1. The smallest absolute Gasteiger partial charge is 0.237 e. The third kappa shape index (κ3) is 4.66. The number of benzene rings is 2. The lowest BCUT2D eigenvalue weighted by atomic mass is 10.2. The van der Waals surface area contributed by atoms with Gasteiger partial charge in [0.1, 0.15) is 0 Å². The Balaban J connectivity index is 1.59. The van der Waals surface area contributed by atoms with Gasteiger partial charge in [0.15, 0.2) is 5.16 Å². The van der Waals surface area contributed by atoms with Gasteiger partial charge in [-0.25, -0.2) is 0 Å². The van der Waals surface area contributed by atoms with E-state index in [4.69, 9.17) is 4.74 Å². The Labute approximate surface area is 180 Å². The third-order valence-corrected chi connectivity index (χ3v) is 5.94. The molecule has 4 rings (SSSR count). The van der Waals surface area contributed by atoms with Crippen LogP contribution in [0.3, 0.4) is 0 Å². The topological polar surface area (TPSA) is 72.3 Å². The highest BCUT2D eigenvalue weighted by Gasteiger charge is 2.25. The molecule has 30 heavy (non-hydrogen) atoms. The number of carbonyl (C=O) groups excluding carboxylic acids is 1. The van der Waals surface area contributed by atoms with Crippen molar-refractivity contribution >= 4 is 29.3 Å². The van der Waals surface area contributed by atoms with Gasteiger partial charge in [-0.05, 0) is 38.1 Å². The van der Waals surface area contributed by atoms with E-state index in [0.29, 0.717) is 18.4 Å². The van der Waals surface area contributed by atoms with E-state index in [1.807, 2.05) is 41.8 Å². The van der Waals surface area contributed by atoms with Gasteiger partial charge in [-0.2, -0.15) is 0 Å². The van der Waals surface area contributed by atoms with Crippen LogP contribution in [-0.4, -0.2) is 52.2 Å². The van der Waals surface area contributed by atoms with Crippen molar-refractivity contribution in [2.75, 3.05) is 36.5 Å². The number of nitrogens with one attached hydrogen (secondary N) is 1. The van der Waals surface area contributed by atoms with Crippen LogP contribution in [0.2, 0.25) is 0 Å². The first-order valence-corrected chi connectivity index (χ1v) is 10.9. The minimum Gasteiger partial charge on any atom is -0.378 e. The highest BCUT2D eigenvalue weighted by Crippen LogP contribution is 2.30. The van der Waals surface area contributed by atoms with Crippen molar-refractivity contribution in [3.63, 3.8) is 0 Å². The Morgan fingerprint density at radius 2 is 1.77 bits per heavy atom. The quantitative estimate of drug-likeness (QED) is 0.612. The molecule has 1 unspecified atom stereocenters. The molecule has 1 aromatic heterocycles. The highest BCUT2D eigenvalue weighted by atomic mass is 32.2. The fraction of sp³-hybridized carbons (Fsp3) is 0.318. The zero-order valence-corrected chi connectivity index (χ0v) is 17.9. The second-order valence-corrected chi connectivity index (χ2v) is 8.48. The maximum absolute atomic E-state index is 12.7. The van der Waals surface area contributed by atoms with E-state index in [-0.39, 0.29) is 11.2 Å². The van der Waals surface area contributed by atoms with Crippen molar-refractivity contribution in [2.45, 2.75) is 24.3 Å². The number of hydrogen-bond acceptors (Lipinski definition) is 6. The second-order valence-electron chi connectivity index (χ2n) is 7.17. The van der Waals surface area contributed by atoms with Gasteiger partial charge in [0.25, 0.3) is 0 Å². The highest BCUT2D eigenvalue weighted by molar-refractivity contribution is 8.00. The van der Waals surface area contributed by atoms with Crippen LogP contribution in [0.25, 0.3) is 5.69 Å². The normalized spacial score (nSPS) is 15.1. The van der Waals surface area contributed by atoms with E-state index < -0.39 is 0 Å². The largest absolute Gasteiger partial charge is 0.378 e. The van der Waals surface area contributed by atoms with Crippen molar-refractivity contribution in [3.8, 4) is 5.69 Å². The fourth-order valence-electron chi connectivity index (χ4n) is 3.20. The number of morpholine rings is 1. The van der Waals surface area contributed by atoms with Crippen LogP contribution in [0, 0.1) is 6.92 Å². The summed E-state index contributed by atoms with van der Waals surface area (Å²) in [4.78, 5) is 14.9. The standard InChI is InChI=1S/C22H25N5O2S/c1-16-8-10-19(11-9-16)27-21(26-12-14-29-15-13-26)24-25-22(27)30-17(2)20(28)23-18-6-4-3-5-7-18/h3-11,17H,12-15H2,1-2H3,(H,23,28). The second kappa shape index (κ2) is 9.32. The van der Waals surface area contributed by atoms with Crippen LogP contribution in [0.4, 0.5) is 11.6 Å². The Morgan fingerprint density at radius 1 is 1.07 bits per heavy atom. The van der Waals surface area contributed by atoms with Gasteiger partial charge in [0, 0.05) is 18.8 Å². The number of ether oxygens (including phenoxy) is 1. The lowest BCUT2D eigenvalue weighted by molar-refractivity contribution is -0.115. The molecule has 1 saturated heterocycles. The van der Waals surface area contributed by atoms with Crippen molar-refractivity contribution < 1.29 is 9.53 Å². The average Bonchev–Trinajstić information content (AvgIpc) is 3.19. The minimum absolute atomic E-state index is 0.0717. The molecule has 0 aliphatic carbocycles. The van der Waals surface area contributed by atoms with E-state index >= 15 is 0 Å². The number of anilines is 2. The summed E-state index contributed by atoms with van der Waals surface area (Å²) >= 11 is 1.40. The fourth-order valence-corrected chi connectivity index (χ4v) is 4.07. The summed E-state index contributed by atoms with van der Waals surface area (Å²) in [5, 5.41) is 12.2. The first-order chi connectivity index (χ1) is 14.6. The summed E-state index contributed by atoms with van der Waals surface area (Å²) in [5.74, 6) is 0.706. The Bertz CT molecular complexity index is 985. The molecule has 0 bridgehead atoms. The Hall–Kier alpha value is -2.84. The molecular weight excluding hydrogens is 398 g/mol. The molecule has 1 aliphatic heterocycles. The molecular formula is C22H25N5O2S. The van der Waals surface area contributed by atoms with Crippen LogP contribution in [0.15, 0.2) is 59.8 Å². The number of hydrogen-bond donors (Lipinski definition) is 1. The Kier molecular flexibility index (Phi) is 6.35. The van der Waals surface area contributed by atoms with E-state index in [2.05, 4.69) is 51.6 Å². The van der Waals surface area contributed by atoms with Gasteiger partial charge < -0.3 is 15.0 Å². The first-order valence-electron chi connectivity index (χ1n) is 9.99. The maximum Gasteiger partial charge on any atom is 0.237 e. The van der Waals surface area contributed by atoms with Gasteiger partial charge in [0.05, 0.1) is 24.2 Å². The van der Waals surface area contributed by atoms with Crippen LogP contribution in [0.1, 0.15) is 12.5 Å². The predicted molar refractivity (Wildman–Crippen MR) is 120 cm³/mol. The zero-order valence-electron chi connectivity index (χ0n) is 17.1. The first kappa shape index (κ1) is 20.4. The van der Waals surface area contributed by atoms with Crippen LogP contribution in [0.5, 0.6) is 0 Å². The maximum atomic E-state index is 12.7. The van der Waals surface area contributed by atoms with E-state index in [1.54, 1.807) is 0 Å². The monoisotopic (exact) mass is 423 g/mol. The summed E-state index contributed by atoms with van der Waals surface area (Å²) in [6.07, 6.45) is 0. The molecule has 0 saturated carbocycles. The summed E-state index contributed by atoms with van der Waals surface area (Å²) in [5.41, 5.74) is 2.94. The summed E-state index contributed by atoms with van der Waals surface area (Å²) in [7, 11) is 0. The van der Waals surface area contributed by atoms with Gasteiger partial charge in [-0.15, -0.1) is 10.2 Å². The van der Waals surface area contributed by atoms with Crippen molar-refractivity contribution in [1.82, 2.24) is 14.8 Å². The van der Waals surface area contributed by atoms with Crippen LogP contribution in [-0.2, 0) is 9.53 Å². The summed E-state index contributed by atoms with van der Waals surface area (Å²) in [6.45, 7) is 6.80. The number of aromatic nitrogens is 3. The predicted octanol–water partition coefficient (Wildman–Crippen LogP) is 3.53. The molecule has 7 nitrogen and oxygen atoms in total. The number of aryl methyl sites for hydroxylation is 1. The van der Waals surface area contributed by atoms with E-state index in [1.165, 1.54) is 17.3 Å². The van der Waals surface area contributed by atoms with Crippen molar-refractivity contribution in [2.24, 2.45) is 0 Å². The van der Waals surface area contributed by atoms with Crippen molar-refractivity contribution in [3.05, 3.63) is 60.2 Å². The van der Waals surface area contributed by atoms with Gasteiger partial charge in [0.2, 0.25) is 11.9 Å². The lowest BCUT2D eigenvalue weighted by Crippen LogP contribution is -2.38. The zero-order chi connectivity index (χ0) is 20.9. The van der Waals surface area contributed by atoms with Crippen molar-refractivity contribution in [1.29, 1.82) is 0 Å². The lowest BCUT2D eigenvalue weighted by Gasteiger charge is -2.28. The molecule has 8 heteroatoms. The number of thioether (sulfide) groups is 1. The molecule has 2 aromatic carbocycles. The van der Waals surface area contributed by atoms with E-state index in [9.17, 15) is 4.79 Å². The molecule has 1 N–H and O–H groups in total. The molecule has 1 atom stereocenters.